The Morgan fingerprint density at radius 1 is 0.604 bits per heavy atom. The number of hydrogen-bond acceptors (Lipinski definition) is 8. The number of esters is 2. The molecule has 0 aromatic carbocycles. The maximum atomic E-state index is 12.6. The number of ether oxygens (including phenoxy) is 2. The number of nitrogens with zero attached hydrogens (tertiary/aromatic N) is 1. The van der Waals surface area contributed by atoms with Crippen molar-refractivity contribution in [3.63, 3.8) is 0 Å². The van der Waals surface area contributed by atoms with Crippen molar-refractivity contribution in [3.05, 3.63) is 72.9 Å². The number of unbranched alkanes of at least 4 members (excludes halogenated alkanes) is 13. The summed E-state index contributed by atoms with van der Waals surface area (Å²) in [5, 5.41) is 0. The SMILES string of the molecule is CC/C=C/C=C/C=C/C=C/CCCCCC(=O)OC(COC(=O)CCCCC/C=C/C=C/CCCCCCCCC)COP(=O)([O-])OCC[N+](C)(C)C. The molecule has 304 valence electrons. The van der Waals surface area contributed by atoms with Gasteiger partial charge in [0.2, 0.25) is 0 Å². The van der Waals surface area contributed by atoms with Crippen molar-refractivity contribution < 1.29 is 42.1 Å². The molecular formula is C43H74NO8P. The van der Waals surface area contributed by atoms with Gasteiger partial charge in [0.25, 0.3) is 7.82 Å². The Kier molecular flexibility index (Phi) is 33.5. The molecule has 0 radical (unpaired) electrons. The first-order valence-corrected chi connectivity index (χ1v) is 21.7. The molecule has 10 heteroatoms. The van der Waals surface area contributed by atoms with Gasteiger partial charge in [0, 0.05) is 12.8 Å². The molecule has 2 atom stereocenters. The van der Waals surface area contributed by atoms with E-state index in [1.165, 1.54) is 44.9 Å². The third-order valence-corrected chi connectivity index (χ3v) is 9.05. The lowest BCUT2D eigenvalue weighted by atomic mass is 10.1. The maximum absolute atomic E-state index is 12.6. The highest BCUT2D eigenvalue weighted by atomic mass is 31.2. The third-order valence-electron chi connectivity index (χ3n) is 8.08. The van der Waals surface area contributed by atoms with E-state index in [0.29, 0.717) is 23.9 Å². The van der Waals surface area contributed by atoms with Gasteiger partial charge in [-0.3, -0.25) is 14.2 Å². The van der Waals surface area contributed by atoms with E-state index in [-0.39, 0.29) is 26.1 Å². The predicted octanol–water partition coefficient (Wildman–Crippen LogP) is 10.4. The molecule has 0 aliphatic heterocycles. The summed E-state index contributed by atoms with van der Waals surface area (Å²) in [6, 6.07) is 0. The van der Waals surface area contributed by atoms with Crippen LogP contribution in [0.25, 0.3) is 0 Å². The molecular weight excluding hydrogens is 689 g/mol. The minimum atomic E-state index is -4.64. The predicted molar refractivity (Wildman–Crippen MR) is 217 cm³/mol. The van der Waals surface area contributed by atoms with Crippen LogP contribution in [-0.4, -0.2) is 70.0 Å². The maximum Gasteiger partial charge on any atom is 0.306 e. The molecule has 0 fully saturated rings. The first-order chi connectivity index (χ1) is 25.5. The van der Waals surface area contributed by atoms with Crippen molar-refractivity contribution in [2.24, 2.45) is 0 Å². The lowest BCUT2D eigenvalue weighted by Crippen LogP contribution is -2.37. The number of carbonyl (C=O) groups is 2. The number of allylic oxidation sites excluding steroid dienone is 12. The Labute approximate surface area is 323 Å². The molecule has 0 amide bonds. The van der Waals surface area contributed by atoms with E-state index in [9.17, 15) is 19.0 Å². The summed E-state index contributed by atoms with van der Waals surface area (Å²) in [5.74, 6) is -0.920. The van der Waals surface area contributed by atoms with Crippen molar-refractivity contribution in [2.75, 3.05) is 47.5 Å². The van der Waals surface area contributed by atoms with Gasteiger partial charge in [-0.15, -0.1) is 0 Å². The van der Waals surface area contributed by atoms with Gasteiger partial charge in [0.05, 0.1) is 27.7 Å². The first-order valence-electron chi connectivity index (χ1n) is 20.2. The molecule has 2 unspecified atom stereocenters. The van der Waals surface area contributed by atoms with E-state index in [4.69, 9.17) is 18.5 Å². The first kappa shape index (κ1) is 50.5. The fourth-order valence-corrected chi connectivity index (χ4v) is 5.62. The monoisotopic (exact) mass is 764 g/mol. The summed E-state index contributed by atoms with van der Waals surface area (Å²) in [7, 11) is 1.11. The zero-order valence-electron chi connectivity index (χ0n) is 33.9. The molecule has 0 saturated carbocycles. The molecule has 0 bridgehead atoms. The summed E-state index contributed by atoms with van der Waals surface area (Å²) in [6.45, 7) is 3.97. The van der Waals surface area contributed by atoms with Crippen LogP contribution in [0.1, 0.15) is 136 Å². The zero-order valence-corrected chi connectivity index (χ0v) is 34.8. The molecule has 0 rings (SSSR count). The highest BCUT2D eigenvalue weighted by Crippen LogP contribution is 2.38. The molecule has 0 aliphatic carbocycles. The highest BCUT2D eigenvalue weighted by Gasteiger charge is 2.21. The Hall–Kier alpha value is -2.55. The Balaban J connectivity index is 4.53. The van der Waals surface area contributed by atoms with Crippen LogP contribution in [0.15, 0.2) is 72.9 Å². The number of rotatable bonds is 35. The van der Waals surface area contributed by atoms with Gasteiger partial charge in [0.15, 0.2) is 6.10 Å². The molecule has 53 heavy (non-hydrogen) atoms. The number of carbonyl (C=O) groups excluding carboxylic acids is 2. The van der Waals surface area contributed by atoms with E-state index >= 15 is 0 Å². The lowest BCUT2D eigenvalue weighted by Gasteiger charge is -2.28. The fraction of sp³-hybridized carbons (Fsp3) is 0.674. The number of phosphoric acid groups is 1. The van der Waals surface area contributed by atoms with Gasteiger partial charge < -0.3 is 27.9 Å². The van der Waals surface area contributed by atoms with E-state index in [0.717, 1.165) is 51.4 Å². The fourth-order valence-electron chi connectivity index (χ4n) is 4.89. The van der Waals surface area contributed by atoms with Crippen LogP contribution >= 0.6 is 7.82 Å². The van der Waals surface area contributed by atoms with E-state index in [1.54, 1.807) is 0 Å². The second-order valence-corrected chi connectivity index (χ2v) is 15.8. The minimum Gasteiger partial charge on any atom is -0.756 e. The largest absolute Gasteiger partial charge is 0.756 e. The molecule has 0 spiro atoms. The molecule has 0 aromatic heterocycles. The van der Waals surface area contributed by atoms with Crippen molar-refractivity contribution in [2.45, 2.75) is 142 Å². The average molecular weight is 764 g/mol. The second-order valence-electron chi connectivity index (χ2n) is 14.4. The van der Waals surface area contributed by atoms with Gasteiger partial charge >= 0.3 is 11.9 Å². The van der Waals surface area contributed by atoms with E-state index in [1.807, 2.05) is 57.6 Å². The van der Waals surface area contributed by atoms with Crippen LogP contribution in [-0.2, 0) is 32.7 Å². The normalized spacial score (nSPS) is 14.5. The smallest absolute Gasteiger partial charge is 0.306 e. The number of likely N-dealkylation sites (N-methyl/N-ethyl adjacent to an activating group) is 1. The molecule has 0 aliphatic rings. The summed E-state index contributed by atoms with van der Waals surface area (Å²) < 4.78 is 33.7. The lowest BCUT2D eigenvalue weighted by molar-refractivity contribution is -0.870. The van der Waals surface area contributed by atoms with E-state index in [2.05, 4.69) is 50.3 Å². The van der Waals surface area contributed by atoms with Gasteiger partial charge in [-0.25, -0.2) is 0 Å². The van der Waals surface area contributed by atoms with Crippen LogP contribution in [0, 0.1) is 0 Å². The van der Waals surface area contributed by atoms with Crippen molar-refractivity contribution in [1.29, 1.82) is 0 Å². The standard InChI is InChI=1S/C43H74NO8P/c1-6-8-10-12-14-16-18-20-21-22-24-25-27-29-31-33-35-42(45)49-39-41(40-51-53(47,48)50-38-37-44(3,4)5)52-43(46)36-34-32-30-28-26-23-19-17-15-13-11-9-7-2/h9,11,13,15,17,19,21-26,41H,6-8,10,12,14,16,18,20,27-40H2,1-5H3/b11-9+,15-13+,19-17+,22-21+,25-24+,26-23+. The summed E-state index contributed by atoms with van der Waals surface area (Å²) >= 11 is 0. The number of hydrogen-bond donors (Lipinski definition) is 0. The number of quaternary nitrogens is 1. The Bertz CT molecular complexity index is 1140. The highest BCUT2D eigenvalue weighted by molar-refractivity contribution is 7.45. The average Bonchev–Trinajstić information content (AvgIpc) is 3.10. The summed E-state index contributed by atoms with van der Waals surface area (Å²) in [5.41, 5.74) is 0. The minimum absolute atomic E-state index is 0.0469. The number of phosphoric ester groups is 1. The Morgan fingerprint density at radius 2 is 1.08 bits per heavy atom. The van der Waals surface area contributed by atoms with Gasteiger partial charge in [-0.2, -0.15) is 0 Å². The molecule has 0 aromatic rings. The van der Waals surface area contributed by atoms with Crippen LogP contribution in [0.3, 0.4) is 0 Å². The third kappa shape index (κ3) is 39.0. The summed E-state index contributed by atoms with van der Waals surface area (Å²) in [4.78, 5) is 37.4. The van der Waals surface area contributed by atoms with Crippen LogP contribution in [0.2, 0.25) is 0 Å². The molecule has 0 N–H and O–H groups in total. The summed E-state index contributed by atoms with van der Waals surface area (Å²) in [6.07, 6.45) is 42.2. The van der Waals surface area contributed by atoms with Gasteiger partial charge in [-0.1, -0.05) is 138 Å². The molecule has 0 heterocycles. The molecule has 0 saturated heterocycles. The topological polar surface area (TPSA) is 111 Å². The van der Waals surface area contributed by atoms with Gasteiger partial charge in [-0.05, 0) is 57.8 Å². The van der Waals surface area contributed by atoms with E-state index < -0.39 is 32.5 Å². The van der Waals surface area contributed by atoms with Crippen LogP contribution in [0.5, 0.6) is 0 Å². The second kappa shape index (κ2) is 35.2. The quantitative estimate of drug-likeness (QED) is 0.0206. The van der Waals surface area contributed by atoms with Crippen LogP contribution < -0.4 is 4.89 Å². The Morgan fingerprint density at radius 3 is 1.62 bits per heavy atom. The van der Waals surface area contributed by atoms with Crippen molar-refractivity contribution >= 4 is 19.8 Å². The molecule has 9 nitrogen and oxygen atoms in total. The van der Waals surface area contributed by atoms with Gasteiger partial charge in [0.1, 0.15) is 19.8 Å². The van der Waals surface area contributed by atoms with Crippen molar-refractivity contribution in [3.8, 4) is 0 Å². The van der Waals surface area contributed by atoms with Crippen LogP contribution in [0.4, 0.5) is 0 Å². The van der Waals surface area contributed by atoms with Crippen molar-refractivity contribution in [1.82, 2.24) is 0 Å². The zero-order chi connectivity index (χ0) is 39.3.